The lowest BCUT2D eigenvalue weighted by molar-refractivity contribution is -0.332. The number of esters is 6. The number of rotatable bonds is 50. The molecule has 0 unspecified atom stereocenters. The lowest BCUT2D eigenvalue weighted by atomic mass is 10.1. The molecule has 0 saturated carbocycles. The summed E-state index contributed by atoms with van der Waals surface area (Å²) in [5.74, 6) is -139. The van der Waals surface area contributed by atoms with Crippen molar-refractivity contribution in [2.75, 3.05) is 79.3 Å². The minimum atomic E-state index is -9.51. The van der Waals surface area contributed by atoms with Crippen LogP contribution >= 0.6 is 0 Å². The van der Waals surface area contributed by atoms with Crippen LogP contribution in [0.1, 0.15) is 48.0 Å². The average molecular weight is 1710 g/mol. The predicted octanol–water partition coefficient (Wildman–Crippen LogP) is 14.4. The second-order valence-corrected chi connectivity index (χ2v) is 28.9. The quantitative estimate of drug-likeness (QED) is 0.0182. The fourth-order valence-corrected chi connectivity index (χ4v) is 13.8. The van der Waals surface area contributed by atoms with Crippen LogP contribution in [-0.2, 0) is 83.7 Å². The van der Waals surface area contributed by atoms with Crippen LogP contribution in [0.3, 0.4) is 0 Å². The first-order chi connectivity index (χ1) is 48.2. The van der Waals surface area contributed by atoms with Gasteiger partial charge in [-0.1, -0.05) is 39.5 Å². The highest BCUT2D eigenvalue weighted by Crippen LogP contribution is 2.54. The number of hydrogen-bond donors (Lipinski definition) is 0. The van der Waals surface area contributed by atoms with Gasteiger partial charge in [0.1, 0.15) is 39.6 Å². The van der Waals surface area contributed by atoms with Gasteiger partial charge in [-0.15, -0.1) is 0 Å². The second-order valence-electron chi connectivity index (χ2n) is 23.0. The van der Waals surface area contributed by atoms with Crippen molar-refractivity contribution in [3.05, 3.63) is 72.9 Å². The second kappa shape index (κ2) is 35.4. The molecule has 0 aromatic carbocycles. The van der Waals surface area contributed by atoms with Crippen molar-refractivity contribution in [2.45, 2.75) is 154 Å². The molecule has 109 heavy (non-hydrogen) atoms. The van der Waals surface area contributed by atoms with Gasteiger partial charge < -0.3 is 55.0 Å². The summed E-state index contributed by atoms with van der Waals surface area (Å²) in [6.07, 6.45) is -2.90. The molecule has 0 heterocycles. The maximum atomic E-state index is 16.1. The predicted molar refractivity (Wildman–Crippen MR) is 295 cm³/mol. The van der Waals surface area contributed by atoms with E-state index in [9.17, 15) is 28.8 Å². The Labute approximate surface area is 592 Å². The lowest BCUT2D eigenvalue weighted by Gasteiger charge is -2.42. The first-order valence-electron chi connectivity index (χ1n) is 28.4. The first kappa shape index (κ1) is 102. The molecule has 18 nitrogen and oxygen atoms in total. The molecule has 0 atom stereocenters. The van der Waals surface area contributed by atoms with Crippen molar-refractivity contribution < 1.29 is 233 Å². The summed E-state index contributed by atoms with van der Waals surface area (Å²) in [6, 6.07) is 0. The fraction of sp³-hybridized carbons (Fsp3) is 0.673. The van der Waals surface area contributed by atoms with Crippen LogP contribution in [0.25, 0.3) is 0 Å². The van der Waals surface area contributed by atoms with Gasteiger partial charge in [-0.3, -0.25) is 0 Å². The Balaban J connectivity index is 10.7. The summed E-state index contributed by atoms with van der Waals surface area (Å²) in [6.45, 7) is -28.2. The van der Waals surface area contributed by atoms with Crippen LogP contribution in [0.15, 0.2) is 72.9 Å². The number of halogens is 34. The molecule has 0 aromatic rings. The van der Waals surface area contributed by atoms with E-state index in [1.54, 1.807) is 0 Å². The summed E-state index contributed by atoms with van der Waals surface area (Å²) >= 11 is 0. The molecule has 0 N–H and O–H groups in total. The monoisotopic (exact) mass is 1710 g/mol. The van der Waals surface area contributed by atoms with Gasteiger partial charge in [0, 0.05) is 33.4 Å². The number of carbonyl (C=O) groups is 6. The molecule has 0 fully saturated rings. The smallest absolute Gasteiger partial charge is 0.462 e. The Morgan fingerprint density at radius 2 is 0.358 bits per heavy atom. The molecule has 0 radical (unpaired) electrons. The molecule has 54 heteroatoms. The maximum Gasteiger partial charge on any atom is 0.506 e. The van der Waals surface area contributed by atoms with Gasteiger partial charge in [-0.25, -0.2) is 28.8 Å². The molecule has 0 aliphatic heterocycles. The highest BCUT2D eigenvalue weighted by atomic mass is 28.5. The van der Waals surface area contributed by atoms with E-state index in [1.165, 1.54) is 0 Å². The molecular weight excluding hydrogens is 1650 g/mol. The van der Waals surface area contributed by atoms with Gasteiger partial charge in [-0.05, 0) is 41.5 Å². The number of carbonyl (C=O) groups excluding carboxylic acids is 6. The third-order valence-electron chi connectivity index (χ3n) is 13.1. The Hall–Kier alpha value is -6.93. The van der Waals surface area contributed by atoms with Crippen molar-refractivity contribution in [3.8, 4) is 0 Å². The van der Waals surface area contributed by atoms with E-state index >= 15 is 149 Å². The SMILES string of the molecule is C=C(C)C(=O)OCCC(F)(F)C(F)(F)CO[Si](C[Si](OCC(F)(F)C(F)(F)C(F)(F)COC(=O)C(=C)C)(OCC(F)(F)C(F)(F)C(F)(F)COC(=O)C(=C)C)OCC(F)(F)C(F)(F)C(F)(F)COC(=O)C(=C)C)(OCC(F)(F)C(F)(F)C(F)(F)COC(=O)C(=C)C)OCC(F)(F)C(F)(F)C(F)(F)COC(=O)C(=C)C. The summed E-state index contributed by atoms with van der Waals surface area (Å²) in [5.41, 5.74) is -11.2. The van der Waals surface area contributed by atoms with Crippen LogP contribution in [0.2, 0.25) is 5.67 Å². The number of ether oxygens (including phenoxy) is 6. The summed E-state index contributed by atoms with van der Waals surface area (Å²) < 4.78 is 578. The van der Waals surface area contributed by atoms with Crippen LogP contribution < -0.4 is 0 Å². The van der Waals surface area contributed by atoms with Crippen LogP contribution in [-0.4, -0.2) is 233 Å². The van der Waals surface area contributed by atoms with Crippen molar-refractivity contribution in [1.82, 2.24) is 0 Å². The normalized spacial score (nSPS) is 14.3. The largest absolute Gasteiger partial charge is 0.506 e. The van der Waals surface area contributed by atoms with E-state index in [1.807, 2.05) is 0 Å². The van der Waals surface area contributed by atoms with Crippen molar-refractivity contribution >= 4 is 53.4 Å². The molecule has 632 valence electrons. The summed E-state index contributed by atoms with van der Waals surface area (Å²) in [7, 11) is -18.9. The molecule has 0 saturated heterocycles. The molecule has 0 rings (SSSR count). The molecule has 0 aliphatic rings. The minimum Gasteiger partial charge on any atom is -0.462 e. The van der Waals surface area contributed by atoms with Gasteiger partial charge in [0.15, 0.2) is 33.0 Å². The third kappa shape index (κ3) is 24.5. The van der Waals surface area contributed by atoms with Crippen molar-refractivity contribution in [2.24, 2.45) is 0 Å². The van der Waals surface area contributed by atoms with Gasteiger partial charge in [0.25, 0.3) is 0 Å². The van der Waals surface area contributed by atoms with Crippen LogP contribution in [0.4, 0.5) is 149 Å². The molecular formula is C55H58F34O18Si2. The molecule has 0 bridgehead atoms. The maximum absolute atomic E-state index is 16.1. The zero-order chi connectivity index (χ0) is 86.8. The van der Waals surface area contributed by atoms with E-state index in [0.29, 0.717) is 41.5 Å². The van der Waals surface area contributed by atoms with Gasteiger partial charge >= 0.3 is 154 Å². The zero-order valence-electron chi connectivity index (χ0n) is 55.8. The number of hydrogen-bond acceptors (Lipinski definition) is 18. The van der Waals surface area contributed by atoms with Gasteiger partial charge in [0.2, 0.25) is 0 Å². The zero-order valence-corrected chi connectivity index (χ0v) is 57.8. The van der Waals surface area contributed by atoms with E-state index in [2.05, 4.69) is 94.5 Å². The van der Waals surface area contributed by atoms with E-state index in [0.717, 1.165) is 0 Å². The highest BCUT2D eigenvalue weighted by Gasteiger charge is 2.79. The Kier molecular flexibility index (Phi) is 33.2. The minimum absolute atomic E-state index is 0.458. The molecule has 0 amide bonds. The average Bonchev–Trinajstić information content (AvgIpc) is 0.757. The molecule has 0 spiro atoms. The van der Waals surface area contributed by atoms with Crippen molar-refractivity contribution in [3.63, 3.8) is 0 Å². The Morgan fingerprint density at radius 3 is 0.514 bits per heavy atom. The summed E-state index contributed by atoms with van der Waals surface area (Å²) in [4.78, 5) is 71.0. The standard InChI is InChI=1S/C55H58F34O18Si2/c1-27(2)33(90)96-14-13-39(56,57)40(58,59)20-102-108(103-21-46(70,71)51(80,81)41(60,61)15-97-34(91)28(3)4,104-22-47(72,73)52(82,83)42(62,63)16-98-35(92)29(5)6)26-109(105-23-48(74,75)53(84,85)43(64,65)17-99-36(93)30(7)8,106-24-49(76,77)54(86,87)44(66,67)18-100-37(94)31(9)10)107-25-50(78,79)55(88,89)45(68,69)19-101-38(95)32(11)12/h1,3,5,7,9,11,13-26H2,2,4,6,8,10,12H3. The third-order valence-corrected chi connectivity index (χ3v) is 20.0. The fourth-order valence-electron chi connectivity index (χ4n) is 6.35. The summed E-state index contributed by atoms with van der Waals surface area (Å²) in [5, 5.41) is 0. The van der Waals surface area contributed by atoms with Crippen molar-refractivity contribution in [1.29, 1.82) is 0 Å². The van der Waals surface area contributed by atoms with E-state index in [4.69, 9.17) is 0 Å². The van der Waals surface area contributed by atoms with Crippen LogP contribution in [0.5, 0.6) is 0 Å². The lowest BCUT2D eigenvalue weighted by Crippen LogP contribution is -2.67. The van der Waals surface area contributed by atoms with E-state index < -0.39 is 279 Å². The molecule has 0 aliphatic carbocycles. The topological polar surface area (TPSA) is 213 Å². The van der Waals surface area contributed by atoms with Crippen LogP contribution in [0, 0.1) is 0 Å². The first-order valence-corrected chi connectivity index (χ1v) is 32.2. The van der Waals surface area contributed by atoms with Gasteiger partial charge in [-0.2, -0.15) is 149 Å². The number of alkyl halides is 34. The van der Waals surface area contributed by atoms with Gasteiger partial charge in [0.05, 0.1) is 18.7 Å². The highest BCUT2D eigenvalue weighted by molar-refractivity contribution is 6.80. The molecule has 0 aromatic heterocycles. The Bertz CT molecular complexity index is 3090. The van der Waals surface area contributed by atoms with E-state index in [-0.39, 0.29) is 0 Å². The Morgan fingerprint density at radius 1 is 0.220 bits per heavy atom.